The van der Waals surface area contributed by atoms with Gasteiger partial charge in [-0.2, -0.15) is 5.10 Å². The summed E-state index contributed by atoms with van der Waals surface area (Å²) < 4.78 is 4.17. The molecular formula is C12H17N5. The number of imidazole rings is 1. The summed E-state index contributed by atoms with van der Waals surface area (Å²) in [6.07, 6.45) is 4.97. The van der Waals surface area contributed by atoms with E-state index in [0.29, 0.717) is 6.04 Å². The molecule has 1 aliphatic heterocycles. The topological polar surface area (TPSA) is 47.7 Å². The first kappa shape index (κ1) is 10.4. The van der Waals surface area contributed by atoms with Crippen molar-refractivity contribution in [1.82, 2.24) is 19.3 Å². The highest BCUT2D eigenvalue weighted by Gasteiger charge is 2.26. The van der Waals surface area contributed by atoms with Gasteiger partial charge in [-0.15, -0.1) is 0 Å². The number of aryl methyl sites for hydroxylation is 2. The van der Waals surface area contributed by atoms with Gasteiger partial charge in [0, 0.05) is 37.2 Å². The lowest BCUT2D eigenvalue weighted by molar-refractivity contribution is 0.525. The third kappa shape index (κ3) is 1.45. The van der Waals surface area contributed by atoms with Gasteiger partial charge in [0.1, 0.15) is 0 Å². The Morgan fingerprint density at radius 2 is 2.24 bits per heavy atom. The predicted molar refractivity (Wildman–Crippen MR) is 66.2 cm³/mol. The van der Waals surface area contributed by atoms with Gasteiger partial charge in [0.05, 0.1) is 11.7 Å². The molecule has 0 bridgehead atoms. The Bertz CT molecular complexity index is 551. The molecule has 0 aliphatic carbocycles. The predicted octanol–water partition coefficient (Wildman–Crippen LogP) is 1.64. The Hall–Kier alpha value is -1.78. The van der Waals surface area contributed by atoms with Crippen LogP contribution in [0.1, 0.15) is 29.4 Å². The summed E-state index contributed by atoms with van der Waals surface area (Å²) >= 11 is 0. The Morgan fingerprint density at radius 1 is 1.41 bits per heavy atom. The van der Waals surface area contributed by atoms with Crippen LogP contribution in [0, 0.1) is 13.8 Å². The van der Waals surface area contributed by atoms with Gasteiger partial charge in [0.25, 0.3) is 0 Å². The molecule has 3 heterocycles. The van der Waals surface area contributed by atoms with Gasteiger partial charge in [-0.1, -0.05) is 0 Å². The van der Waals surface area contributed by atoms with Crippen LogP contribution in [0.15, 0.2) is 12.4 Å². The zero-order valence-electron chi connectivity index (χ0n) is 10.4. The number of anilines is 1. The number of nitrogens with zero attached hydrogens (tertiary/aromatic N) is 4. The van der Waals surface area contributed by atoms with E-state index in [1.165, 1.54) is 11.3 Å². The van der Waals surface area contributed by atoms with E-state index in [1.54, 1.807) is 0 Å². The van der Waals surface area contributed by atoms with Gasteiger partial charge in [0.2, 0.25) is 5.95 Å². The molecule has 5 heteroatoms. The number of nitrogens with one attached hydrogen (secondary N) is 1. The molecule has 0 radical (unpaired) electrons. The standard InChI is InChI=1S/C12H17N5/c1-8-11(9(2)16(3)15-8)10-4-5-13-12-14-6-7-17(10)12/h6-7,10H,4-5H2,1-3H3,(H,13,14). The first-order valence-electron chi connectivity index (χ1n) is 5.95. The van der Waals surface area contributed by atoms with E-state index < -0.39 is 0 Å². The average Bonchev–Trinajstić information content (AvgIpc) is 2.85. The van der Waals surface area contributed by atoms with Gasteiger partial charge in [0.15, 0.2) is 0 Å². The van der Waals surface area contributed by atoms with Crippen LogP contribution in [0.25, 0.3) is 0 Å². The van der Waals surface area contributed by atoms with Crippen LogP contribution in [0.5, 0.6) is 0 Å². The zero-order chi connectivity index (χ0) is 12.0. The van der Waals surface area contributed by atoms with E-state index in [4.69, 9.17) is 0 Å². The van der Waals surface area contributed by atoms with Gasteiger partial charge in [-0.3, -0.25) is 4.68 Å². The van der Waals surface area contributed by atoms with Crippen molar-refractivity contribution in [2.24, 2.45) is 7.05 Å². The lowest BCUT2D eigenvalue weighted by atomic mass is 10.0. The number of rotatable bonds is 1. The number of hydrogen-bond donors (Lipinski definition) is 1. The van der Waals surface area contributed by atoms with Crippen molar-refractivity contribution < 1.29 is 0 Å². The molecule has 17 heavy (non-hydrogen) atoms. The molecule has 1 unspecified atom stereocenters. The van der Waals surface area contributed by atoms with Crippen molar-refractivity contribution >= 4 is 5.95 Å². The third-order valence-electron chi connectivity index (χ3n) is 3.60. The molecule has 5 nitrogen and oxygen atoms in total. The minimum atomic E-state index is 0.363. The van der Waals surface area contributed by atoms with E-state index in [0.717, 1.165) is 24.6 Å². The second-order valence-electron chi connectivity index (χ2n) is 4.60. The molecule has 0 spiro atoms. The van der Waals surface area contributed by atoms with Gasteiger partial charge >= 0.3 is 0 Å². The molecule has 0 saturated carbocycles. The largest absolute Gasteiger partial charge is 0.356 e. The van der Waals surface area contributed by atoms with Crippen molar-refractivity contribution in [3.63, 3.8) is 0 Å². The molecule has 0 saturated heterocycles. The average molecular weight is 231 g/mol. The van der Waals surface area contributed by atoms with Crippen LogP contribution < -0.4 is 5.32 Å². The molecule has 3 rings (SSSR count). The molecule has 0 amide bonds. The fraction of sp³-hybridized carbons (Fsp3) is 0.500. The molecule has 0 fully saturated rings. The summed E-state index contributed by atoms with van der Waals surface area (Å²) in [6, 6.07) is 0.363. The van der Waals surface area contributed by atoms with E-state index >= 15 is 0 Å². The van der Waals surface area contributed by atoms with Gasteiger partial charge in [-0.05, 0) is 20.3 Å². The van der Waals surface area contributed by atoms with Crippen LogP contribution in [0.3, 0.4) is 0 Å². The van der Waals surface area contributed by atoms with E-state index in [-0.39, 0.29) is 0 Å². The fourth-order valence-corrected chi connectivity index (χ4v) is 2.72. The smallest absolute Gasteiger partial charge is 0.203 e. The molecule has 1 N–H and O–H groups in total. The quantitative estimate of drug-likeness (QED) is 0.811. The first-order valence-corrected chi connectivity index (χ1v) is 5.95. The SMILES string of the molecule is Cc1nn(C)c(C)c1C1CCNc2nccn21. The van der Waals surface area contributed by atoms with Crippen LogP contribution >= 0.6 is 0 Å². The van der Waals surface area contributed by atoms with Crippen LogP contribution in [0.4, 0.5) is 5.95 Å². The minimum Gasteiger partial charge on any atom is -0.356 e. The molecule has 90 valence electrons. The lowest BCUT2D eigenvalue weighted by Crippen LogP contribution is -2.24. The molecule has 1 atom stereocenters. The monoisotopic (exact) mass is 231 g/mol. The summed E-state index contributed by atoms with van der Waals surface area (Å²) in [6.45, 7) is 5.18. The second kappa shape index (κ2) is 3.61. The number of hydrogen-bond acceptors (Lipinski definition) is 3. The number of aromatic nitrogens is 4. The van der Waals surface area contributed by atoms with Crippen molar-refractivity contribution in [3.8, 4) is 0 Å². The first-order chi connectivity index (χ1) is 8.18. The maximum absolute atomic E-state index is 4.51. The van der Waals surface area contributed by atoms with Crippen molar-refractivity contribution in [3.05, 3.63) is 29.3 Å². The van der Waals surface area contributed by atoms with Gasteiger partial charge in [-0.25, -0.2) is 4.98 Å². The molecular weight excluding hydrogens is 214 g/mol. The summed E-state index contributed by atoms with van der Waals surface area (Å²) in [5, 5.41) is 7.82. The summed E-state index contributed by atoms with van der Waals surface area (Å²) in [7, 11) is 2.00. The highest BCUT2D eigenvalue weighted by atomic mass is 15.3. The maximum atomic E-state index is 4.51. The van der Waals surface area contributed by atoms with E-state index in [1.807, 2.05) is 24.1 Å². The van der Waals surface area contributed by atoms with Crippen molar-refractivity contribution in [2.45, 2.75) is 26.3 Å². The summed E-state index contributed by atoms with van der Waals surface area (Å²) in [4.78, 5) is 4.32. The van der Waals surface area contributed by atoms with E-state index in [2.05, 4.69) is 33.8 Å². The molecule has 2 aromatic heterocycles. The maximum Gasteiger partial charge on any atom is 0.203 e. The highest BCUT2D eigenvalue weighted by Crippen LogP contribution is 2.32. The molecule has 0 aromatic carbocycles. The van der Waals surface area contributed by atoms with Gasteiger partial charge < -0.3 is 9.88 Å². The number of fused-ring (bicyclic) bond motifs is 1. The molecule has 2 aromatic rings. The highest BCUT2D eigenvalue weighted by molar-refractivity contribution is 5.37. The third-order valence-corrected chi connectivity index (χ3v) is 3.60. The lowest BCUT2D eigenvalue weighted by Gasteiger charge is -2.26. The Morgan fingerprint density at radius 3 is 2.94 bits per heavy atom. The van der Waals surface area contributed by atoms with E-state index in [9.17, 15) is 0 Å². The zero-order valence-corrected chi connectivity index (χ0v) is 10.4. The van der Waals surface area contributed by atoms with Crippen molar-refractivity contribution in [1.29, 1.82) is 0 Å². The Balaban J connectivity index is 2.12. The summed E-state index contributed by atoms with van der Waals surface area (Å²) in [5.74, 6) is 0.962. The van der Waals surface area contributed by atoms with Crippen molar-refractivity contribution in [2.75, 3.05) is 11.9 Å². The normalized spacial score (nSPS) is 18.9. The van der Waals surface area contributed by atoms with Crippen LogP contribution in [-0.2, 0) is 7.05 Å². The Kier molecular flexibility index (Phi) is 2.21. The minimum absolute atomic E-state index is 0.363. The Labute approximate surface area is 100 Å². The fourth-order valence-electron chi connectivity index (χ4n) is 2.72. The second-order valence-corrected chi connectivity index (χ2v) is 4.60. The summed E-state index contributed by atoms with van der Waals surface area (Å²) in [5.41, 5.74) is 3.71. The van der Waals surface area contributed by atoms with Crippen LogP contribution in [0.2, 0.25) is 0 Å². The molecule has 1 aliphatic rings. The van der Waals surface area contributed by atoms with Crippen LogP contribution in [-0.4, -0.2) is 25.9 Å².